The van der Waals surface area contributed by atoms with Crippen LogP contribution in [0.5, 0.6) is 5.75 Å². The number of imide groups is 1. The summed E-state index contributed by atoms with van der Waals surface area (Å²) in [5, 5.41) is 4.73. The van der Waals surface area contributed by atoms with Crippen LogP contribution in [0, 0.1) is 0 Å². The van der Waals surface area contributed by atoms with Crippen molar-refractivity contribution >= 4 is 17.5 Å². The summed E-state index contributed by atoms with van der Waals surface area (Å²) in [6.07, 6.45) is 0.205. The van der Waals surface area contributed by atoms with Gasteiger partial charge in [0.2, 0.25) is 0 Å². The van der Waals surface area contributed by atoms with Crippen molar-refractivity contribution < 1.29 is 14.3 Å². The van der Waals surface area contributed by atoms with Gasteiger partial charge in [0.05, 0.1) is 6.42 Å². The van der Waals surface area contributed by atoms with Gasteiger partial charge in [0.15, 0.2) is 6.61 Å². The topological polar surface area (TPSA) is 59.0 Å². The molecule has 1 heterocycles. The van der Waals surface area contributed by atoms with Gasteiger partial charge in [-0.3, -0.25) is 9.59 Å². The lowest BCUT2D eigenvalue weighted by molar-refractivity contribution is -0.144. The summed E-state index contributed by atoms with van der Waals surface area (Å²) in [6, 6.07) is 8.96. The molecule has 0 saturated carbocycles. The number of hydrazone groups is 1. The van der Waals surface area contributed by atoms with E-state index < -0.39 is 5.91 Å². The second-order valence-electron chi connectivity index (χ2n) is 3.71. The molecule has 0 bridgehead atoms. The van der Waals surface area contributed by atoms with Crippen LogP contribution < -0.4 is 4.74 Å². The highest BCUT2D eigenvalue weighted by atomic mass is 16.5. The van der Waals surface area contributed by atoms with Crippen LogP contribution >= 0.6 is 0 Å². The molecule has 2 amide bonds. The number of amides is 2. The number of para-hydroxylation sites is 1. The number of benzene rings is 1. The molecule has 17 heavy (non-hydrogen) atoms. The maximum absolute atomic E-state index is 11.6. The summed E-state index contributed by atoms with van der Waals surface area (Å²) in [7, 11) is 0. The standard InChI is InChI=1S/C12H12N2O3/c1-9-7-11(15)14(13-9)12(16)8-17-10-5-3-2-4-6-10/h2-6H,7-8H2,1H3. The van der Waals surface area contributed by atoms with Crippen LogP contribution in [0.4, 0.5) is 0 Å². The highest BCUT2D eigenvalue weighted by Gasteiger charge is 2.27. The molecule has 5 nitrogen and oxygen atoms in total. The Morgan fingerprint density at radius 3 is 2.71 bits per heavy atom. The number of carbonyl (C=O) groups is 2. The molecule has 1 aromatic carbocycles. The second-order valence-corrected chi connectivity index (χ2v) is 3.71. The van der Waals surface area contributed by atoms with E-state index >= 15 is 0 Å². The number of nitrogens with zero attached hydrogens (tertiary/aromatic N) is 2. The highest BCUT2D eigenvalue weighted by Crippen LogP contribution is 2.11. The van der Waals surface area contributed by atoms with Gasteiger partial charge in [0.1, 0.15) is 5.75 Å². The molecule has 0 radical (unpaired) electrons. The van der Waals surface area contributed by atoms with E-state index in [1.807, 2.05) is 18.2 Å². The Kier molecular flexibility index (Phi) is 3.18. The van der Waals surface area contributed by atoms with Crippen molar-refractivity contribution in [2.45, 2.75) is 13.3 Å². The average molecular weight is 232 g/mol. The molecule has 0 unspecified atom stereocenters. The number of hydrogen-bond acceptors (Lipinski definition) is 4. The SMILES string of the molecule is CC1=NN(C(=O)COc2ccccc2)C(=O)C1. The molecule has 0 fully saturated rings. The molecule has 1 aliphatic rings. The molecule has 5 heteroatoms. The van der Waals surface area contributed by atoms with Crippen molar-refractivity contribution in [1.29, 1.82) is 0 Å². The van der Waals surface area contributed by atoms with E-state index in [1.54, 1.807) is 19.1 Å². The Morgan fingerprint density at radius 2 is 2.12 bits per heavy atom. The summed E-state index contributed by atoms with van der Waals surface area (Å²) >= 11 is 0. The number of hydrogen-bond donors (Lipinski definition) is 0. The number of carbonyl (C=O) groups excluding carboxylic acids is 2. The summed E-state index contributed by atoms with van der Waals surface area (Å²) in [5.41, 5.74) is 0.642. The first-order valence-electron chi connectivity index (χ1n) is 5.24. The molecular weight excluding hydrogens is 220 g/mol. The zero-order valence-electron chi connectivity index (χ0n) is 9.42. The zero-order chi connectivity index (χ0) is 12.3. The van der Waals surface area contributed by atoms with E-state index in [2.05, 4.69) is 5.10 Å². The van der Waals surface area contributed by atoms with Crippen molar-refractivity contribution in [2.24, 2.45) is 5.10 Å². The minimum Gasteiger partial charge on any atom is -0.484 e. The molecule has 0 spiro atoms. The third-order valence-corrected chi connectivity index (χ3v) is 2.26. The second kappa shape index (κ2) is 4.78. The van der Waals surface area contributed by atoms with Gasteiger partial charge in [-0.05, 0) is 19.1 Å². The Balaban J connectivity index is 1.92. The first-order valence-corrected chi connectivity index (χ1v) is 5.24. The van der Waals surface area contributed by atoms with Gasteiger partial charge in [-0.1, -0.05) is 18.2 Å². The molecule has 0 N–H and O–H groups in total. The Bertz CT molecular complexity index is 468. The van der Waals surface area contributed by atoms with Crippen molar-refractivity contribution in [3.8, 4) is 5.75 Å². The fourth-order valence-corrected chi connectivity index (χ4v) is 1.47. The Morgan fingerprint density at radius 1 is 1.41 bits per heavy atom. The number of ether oxygens (including phenoxy) is 1. The lowest BCUT2D eigenvalue weighted by Gasteiger charge is -2.10. The molecule has 0 aliphatic carbocycles. The largest absolute Gasteiger partial charge is 0.484 e. The van der Waals surface area contributed by atoms with Gasteiger partial charge in [0, 0.05) is 5.71 Å². The predicted molar refractivity (Wildman–Crippen MR) is 61.5 cm³/mol. The van der Waals surface area contributed by atoms with Crippen molar-refractivity contribution in [1.82, 2.24) is 5.01 Å². The lowest BCUT2D eigenvalue weighted by Crippen LogP contribution is -2.32. The Labute approximate surface area is 98.7 Å². The fourth-order valence-electron chi connectivity index (χ4n) is 1.47. The van der Waals surface area contributed by atoms with Crippen LogP contribution in [0.15, 0.2) is 35.4 Å². The molecule has 0 aromatic heterocycles. The summed E-state index contributed by atoms with van der Waals surface area (Å²) in [4.78, 5) is 23.0. The van der Waals surface area contributed by atoms with E-state index in [-0.39, 0.29) is 18.9 Å². The van der Waals surface area contributed by atoms with Crippen LogP contribution in [0.2, 0.25) is 0 Å². The molecule has 88 valence electrons. The molecule has 0 atom stereocenters. The maximum Gasteiger partial charge on any atom is 0.287 e. The molecule has 1 aromatic rings. The van der Waals surface area contributed by atoms with Crippen LogP contribution in [0.1, 0.15) is 13.3 Å². The number of rotatable bonds is 3. The first-order chi connectivity index (χ1) is 8.16. The first kappa shape index (κ1) is 11.3. The van der Waals surface area contributed by atoms with E-state index in [9.17, 15) is 9.59 Å². The minimum absolute atomic E-state index is 0.188. The smallest absolute Gasteiger partial charge is 0.287 e. The van der Waals surface area contributed by atoms with Gasteiger partial charge >= 0.3 is 0 Å². The summed E-state index contributed by atoms with van der Waals surface area (Å²) in [6.45, 7) is 1.52. The normalized spacial score (nSPS) is 14.8. The van der Waals surface area contributed by atoms with Crippen LogP contribution in [0.3, 0.4) is 0 Å². The monoisotopic (exact) mass is 232 g/mol. The Hall–Kier alpha value is -2.17. The van der Waals surface area contributed by atoms with Gasteiger partial charge in [-0.25, -0.2) is 0 Å². The molecule has 0 saturated heterocycles. The maximum atomic E-state index is 11.6. The average Bonchev–Trinajstić information content (AvgIpc) is 2.67. The molecule has 2 rings (SSSR count). The van der Waals surface area contributed by atoms with Crippen LogP contribution in [-0.2, 0) is 9.59 Å². The third-order valence-electron chi connectivity index (χ3n) is 2.26. The molecular formula is C12H12N2O3. The fraction of sp³-hybridized carbons (Fsp3) is 0.250. The lowest BCUT2D eigenvalue weighted by atomic mass is 10.3. The van der Waals surface area contributed by atoms with Crippen LogP contribution in [0.25, 0.3) is 0 Å². The van der Waals surface area contributed by atoms with Crippen molar-refractivity contribution in [3.05, 3.63) is 30.3 Å². The van der Waals surface area contributed by atoms with Gasteiger partial charge in [-0.2, -0.15) is 10.1 Å². The highest BCUT2D eigenvalue weighted by molar-refractivity contribution is 6.10. The summed E-state index contributed by atoms with van der Waals surface area (Å²) in [5.74, 6) is -0.159. The van der Waals surface area contributed by atoms with Crippen LogP contribution in [-0.4, -0.2) is 29.1 Å². The minimum atomic E-state index is -0.448. The van der Waals surface area contributed by atoms with E-state index in [0.29, 0.717) is 11.5 Å². The predicted octanol–water partition coefficient (Wildman–Crippen LogP) is 1.20. The van der Waals surface area contributed by atoms with E-state index in [0.717, 1.165) is 5.01 Å². The van der Waals surface area contributed by atoms with Gasteiger partial charge in [0.25, 0.3) is 11.8 Å². The summed E-state index contributed by atoms with van der Waals surface area (Å²) < 4.78 is 5.25. The van der Waals surface area contributed by atoms with Crippen molar-refractivity contribution in [3.63, 3.8) is 0 Å². The van der Waals surface area contributed by atoms with E-state index in [4.69, 9.17) is 4.74 Å². The quantitative estimate of drug-likeness (QED) is 0.786. The van der Waals surface area contributed by atoms with E-state index in [1.165, 1.54) is 0 Å². The van der Waals surface area contributed by atoms with Gasteiger partial charge in [-0.15, -0.1) is 0 Å². The van der Waals surface area contributed by atoms with Crippen molar-refractivity contribution in [2.75, 3.05) is 6.61 Å². The van der Waals surface area contributed by atoms with Gasteiger partial charge < -0.3 is 4.74 Å². The zero-order valence-corrected chi connectivity index (χ0v) is 9.42. The third kappa shape index (κ3) is 2.69. The molecule has 1 aliphatic heterocycles.